The monoisotopic (exact) mass is 264 g/mol. The van der Waals surface area contributed by atoms with Crippen molar-refractivity contribution in [2.45, 2.75) is 25.7 Å². The van der Waals surface area contributed by atoms with Crippen LogP contribution in [-0.2, 0) is 16.6 Å². The first-order chi connectivity index (χ1) is 8.08. The predicted octanol–water partition coefficient (Wildman–Crippen LogP) is 3.61. The fraction of sp³-hybridized carbons (Fsp3) is 0.417. The Labute approximate surface area is 101 Å². The van der Waals surface area contributed by atoms with Crippen molar-refractivity contribution in [2.75, 3.05) is 0 Å². The van der Waals surface area contributed by atoms with Crippen LogP contribution >= 0.6 is 0 Å². The van der Waals surface area contributed by atoms with Gasteiger partial charge in [-0.1, -0.05) is 18.2 Å². The minimum Gasteiger partial charge on any atom is -0.481 e. The van der Waals surface area contributed by atoms with Crippen LogP contribution in [0, 0.1) is 5.92 Å². The van der Waals surface area contributed by atoms with E-state index in [1.165, 1.54) is 6.07 Å². The van der Waals surface area contributed by atoms with Crippen molar-refractivity contribution in [3.05, 3.63) is 35.4 Å². The van der Waals surface area contributed by atoms with Crippen molar-refractivity contribution >= 4 is 5.97 Å². The molecule has 1 aromatic rings. The molecule has 0 heterocycles. The SMILES string of the molecule is CC(C(=O)O)C(C)(F)c1ccccc1C(F)(F)F. The number of rotatable bonds is 3. The van der Waals surface area contributed by atoms with Gasteiger partial charge >= 0.3 is 12.1 Å². The summed E-state index contributed by atoms with van der Waals surface area (Å²) in [5, 5.41) is 8.75. The van der Waals surface area contributed by atoms with E-state index in [0.29, 0.717) is 0 Å². The minimum absolute atomic E-state index is 0.660. The average molecular weight is 264 g/mol. The fourth-order valence-electron chi connectivity index (χ4n) is 1.62. The van der Waals surface area contributed by atoms with E-state index in [1.807, 2.05) is 0 Å². The van der Waals surface area contributed by atoms with Gasteiger partial charge in [0.1, 0.15) is 5.67 Å². The van der Waals surface area contributed by atoms with E-state index < -0.39 is 34.9 Å². The Morgan fingerprint density at radius 3 is 2.00 bits per heavy atom. The fourth-order valence-corrected chi connectivity index (χ4v) is 1.62. The molecule has 1 aromatic carbocycles. The lowest BCUT2D eigenvalue weighted by Crippen LogP contribution is -2.33. The zero-order valence-electron chi connectivity index (χ0n) is 9.75. The standard InChI is InChI=1S/C12H12F4O2/c1-7(10(17)18)11(2,13)8-5-3-4-6-9(8)12(14,15)16/h3-7H,1-2H3,(H,17,18). The number of benzene rings is 1. The molecule has 0 aliphatic rings. The van der Waals surface area contributed by atoms with Gasteiger partial charge in [-0.15, -0.1) is 0 Å². The highest BCUT2D eigenvalue weighted by Gasteiger charge is 2.44. The summed E-state index contributed by atoms with van der Waals surface area (Å²) in [6.07, 6.45) is -4.72. The third-order valence-corrected chi connectivity index (χ3v) is 2.94. The molecule has 6 heteroatoms. The van der Waals surface area contributed by atoms with E-state index in [1.54, 1.807) is 0 Å². The molecule has 0 amide bonds. The summed E-state index contributed by atoms with van der Waals surface area (Å²) in [6.45, 7) is 1.88. The molecule has 0 fully saturated rings. The van der Waals surface area contributed by atoms with Crippen LogP contribution in [0.4, 0.5) is 17.6 Å². The Bertz CT molecular complexity index is 452. The quantitative estimate of drug-likeness (QED) is 0.847. The topological polar surface area (TPSA) is 37.3 Å². The number of carboxylic acids is 1. The van der Waals surface area contributed by atoms with Crippen molar-refractivity contribution in [3.8, 4) is 0 Å². The van der Waals surface area contributed by atoms with E-state index >= 15 is 0 Å². The van der Waals surface area contributed by atoms with Gasteiger partial charge in [0, 0.05) is 5.56 Å². The molecule has 2 atom stereocenters. The Morgan fingerprint density at radius 1 is 1.17 bits per heavy atom. The highest BCUT2D eigenvalue weighted by Crippen LogP contribution is 2.41. The molecule has 0 spiro atoms. The number of carbonyl (C=O) groups is 1. The summed E-state index contributed by atoms with van der Waals surface area (Å²) in [6, 6.07) is 4.08. The van der Waals surface area contributed by atoms with Crippen LogP contribution in [0.15, 0.2) is 24.3 Å². The molecule has 18 heavy (non-hydrogen) atoms. The molecule has 1 N–H and O–H groups in total. The Hall–Kier alpha value is -1.59. The van der Waals surface area contributed by atoms with Gasteiger partial charge in [-0.2, -0.15) is 13.2 Å². The Morgan fingerprint density at radius 2 is 1.61 bits per heavy atom. The van der Waals surface area contributed by atoms with Gasteiger partial charge in [-0.25, -0.2) is 4.39 Å². The highest BCUT2D eigenvalue weighted by molar-refractivity contribution is 5.71. The van der Waals surface area contributed by atoms with E-state index in [2.05, 4.69) is 0 Å². The van der Waals surface area contributed by atoms with Gasteiger partial charge in [0.25, 0.3) is 0 Å². The maximum absolute atomic E-state index is 14.4. The molecule has 0 aliphatic carbocycles. The summed E-state index contributed by atoms with van der Waals surface area (Å²) in [7, 11) is 0. The third kappa shape index (κ3) is 2.63. The molecule has 0 saturated heterocycles. The van der Waals surface area contributed by atoms with Crippen LogP contribution in [0.3, 0.4) is 0 Å². The van der Waals surface area contributed by atoms with Gasteiger partial charge in [0.2, 0.25) is 0 Å². The molecule has 2 unspecified atom stereocenters. The summed E-state index contributed by atoms with van der Waals surface area (Å²) < 4.78 is 52.6. The molecule has 2 nitrogen and oxygen atoms in total. The molecule has 0 radical (unpaired) electrons. The van der Waals surface area contributed by atoms with Crippen LogP contribution in [0.2, 0.25) is 0 Å². The summed E-state index contributed by atoms with van der Waals surface area (Å²) in [5.74, 6) is -3.07. The minimum atomic E-state index is -4.72. The first-order valence-electron chi connectivity index (χ1n) is 5.17. The van der Waals surface area contributed by atoms with Crippen LogP contribution in [-0.4, -0.2) is 11.1 Å². The number of halogens is 4. The number of carboxylic acid groups (broad SMARTS) is 1. The maximum atomic E-state index is 14.4. The number of aliphatic carboxylic acids is 1. The van der Waals surface area contributed by atoms with Crippen LogP contribution in [0.5, 0.6) is 0 Å². The van der Waals surface area contributed by atoms with E-state index in [0.717, 1.165) is 32.0 Å². The number of hydrogen-bond acceptors (Lipinski definition) is 1. The smallest absolute Gasteiger partial charge is 0.416 e. The molecule has 100 valence electrons. The first kappa shape index (κ1) is 14.5. The van der Waals surface area contributed by atoms with Gasteiger partial charge in [-0.05, 0) is 19.9 Å². The van der Waals surface area contributed by atoms with E-state index in [4.69, 9.17) is 5.11 Å². The lowest BCUT2D eigenvalue weighted by atomic mass is 9.83. The Kier molecular flexibility index (Phi) is 3.69. The maximum Gasteiger partial charge on any atom is 0.416 e. The van der Waals surface area contributed by atoms with Crippen molar-refractivity contribution in [1.29, 1.82) is 0 Å². The summed E-state index contributed by atoms with van der Waals surface area (Å²) >= 11 is 0. The van der Waals surface area contributed by atoms with E-state index in [9.17, 15) is 22.4 Å². The summed E-state index contributed by atoms with van der Waals surface area (Å²) in [4.78, 5) is 10.8. The van der Waals surface area contributed by atoms with Gasteiger partial charge in [0.05, 0.1) is 11.5 Å². The highest BCUT2D eigenvalue weighted by atomic mass is 19.4. The average Bonchev–Trinajstić information content (AvgIpc) is 2.26. The van der Waals surface area contributed by atoms with Crippen LogP contribution < -0.4 is 0 Å². The van der Waals surface area contributed by atoms with Crippen molar-refractivity contribution in [3.63, 3.8) is 0 Å². The normalized spacial score (nSPS) is 17.0. The molecule has 0 bridgehead atoms. The van der Waals surface area contributed by atoms with Crippen LogP contribution in [0.1, 0.15) is 25.0 Å². The van der Waals surface area contributed by atoms with Crippen LogP contribution in [0.25, 0.3) is 0 Å². The van der Waals surface area contributed by atoms with Crippen molar-refractivity contribution < 1.29 is 27.5 Å². The van der Waals surface area contributed by atoms with Gasteiger partial charge in [0.15, 0.2) is 0 Å². The second kappa shape index (κ2) is 4.59. The lowest BCUT2D eigenvalue weighted by molar-refractivity contribution is -0.149. The molecule has 1 rings (SSSR count). The van der Waals surface area contributed by atoms with Gasteiger partial charge < -0.3 is 5.11 Å². The Balaban J connectivity index is 3.37. The van der Waals surface area contributed by atoms with Gasteiger partial charge in [-0.3, -0.25) is 4.79 Å². The largest absolute Gasteiger partial charge is 0.481 e. The van der Waals surface area contributed by atoms with Crippen molar-refractivity contribution in [1.82, 2.24) is 0 Å². The molecule has 0 aromatic heterocycles. The zero-order chi connectivity index (χ0) is 14.1. The second-order valence-electron chi connectivity index (χ2n) is 4.18. The number of hydrogen-bond donors (Lipinski definition) is 1. The second-order valence-corrected chi connectivity index (χ2v) is 4.18. The summed E-state index contributed by atoms with van der Waals surface area (Å²) in [5.41, 5.74) is -4.41. The lowest BCUT2D eigenvalue weighted by Gasteiger charge is -2.28. The van der Waals surface area contributed by atoms with E-state index in [-0.39, 0.29) is 0 Å². The molecular weight excluding hydrogens is 252 g/mol. The molecule has 0 aliphatic heterocycles. The zero-order valence-corrected chi connectivity index (χ0v) is 9.75. The molecular formula is C12H12F4O2. The predicted molar refractivity (Wildman–Crippen MR) is 56.7 cm³/mol. The first-order valence-corrected chi connectivity index (χ1v) is 5.17. The van der Waals surface area contributed by atoms with Crippen molar-refractivity contribution in [2.24, 2.45) is 5.92 Å². The third-order valence-electron chi connectivity index (χ3n) is 2.94. The molecule has 0 saturated carbocycles. The number of alkyl halides is 4.